The largest absolute Gasteiger partial charge is 0.495 e. The van der Waals surface area contributed by atoms with Crippen LogP contribution in [0.3, 0.4) is 0 Å². The van der Waals surface area contributed by atoms with Crippen LogP contribution in [0.4, 0.5) is 0 Å². The van der Waals surface area contributed by atoms with Gasteiger partial charge in [0.25, 0.3) is 5.91 Å². The molecule has 100 valence electrons. The zero-order valence-corrected chi connectivity index (χ0v) is 11.3. The van der Waals surface area contributed by atoms with Crippen LogP contribution < -0.4 is 9.88 Å². The van der Waals surface area contributed by atoms with Crippen molar-refractivity contribution in [3.05, 3.63) is 23.8 Å². The third-order valence-corrected chi connectivity index (χ3v) is 3.47. The number of nitrogens with zero attached hydrogens (tertiary/aromatic N) is 1. The van der Waals surface area contributed by atoms with Gasteiger partial charge in [-0.15, -0.1) is 0 Å². The molecule has 0 atom stereocenters. The highest BCUT2D eigenvalue weighted by Gasteiger charge is 2.19. The summed E-state index contributed by atoms with van der Waals surface area (Å²) in [6.45, 7) is 2.34. The fourth-order valence-electron chi connectivity index (χ4n) is 1.40. The minimum absolute atomic E-state index is 0.119. The van der Waals surface area contributed by atoms with Crippen LogP contribution in [0.2, 0.25) is 0 Å². The van der Waals surface area contributed by atoms with Gasteiger partial charge in [-0.05, 0) is 25.1 Å². The first-order valence-electron chi connectivity index (χ1n) is 5.27. The molecular weight excluding hydrogens is 256 g/mol. The predicted octanol–water partition coefficient (Wildman–Crippen LogP) is 0.435. The van der Waals surface area contributed by atoms with Gasteiger partial charge in [-0.1, -0.05) is 0 Å². The average molecular weight is 272 g/mol. The number of nitrogens with two attached hydrogens (primary N) is 1. The van der Waals surface area contributed by atoms with Gasteiger partial charge in [0.2, 0.25) is 10.0 Å². The molecule has 0 unspecified atom stereocenters. The minimum Gasteiger partial charge on any atom is -0.495 e. The summed E-state index contributed by atoms with van der Waals surface area (Å²) in [5, 5.41) is 5.08. The summed E-state index contributed by atoms with van der Waals surface area (Å²) in [6.07, 6.45) is 0. The molecular formula is C11H16N2O4S. The van der Waals surface area contributed by atoms with Gasteiger partial charge in [-0.2, -0.15) is 0 Å². The standard InChI is InChI=1S/C11H16N2O4S/c1-4-13(2)11(14)8-5-6-9(17-3)10(7-8)18(12,15)16/h5-7H,4H2,1-3H3,(H2,12,15,16). The van der Waals surface area contributed by atoms with E-state index in [2.05, 4.69) is 0 Å². The number of hydrogen-bond acceptors (Lipinski definition) is 4. The van der Waals surface area contributed by atoms with Crippen LogP contribution in [0, 0.1) is 0 Å². The van der Waals surface area contributed by atoms with E-state index in [1.807, 2.05) is 6.92 Å². The van der Waals surface area contributed by atoms with Crippen molar-refractivity contribution in [3.8, 4) is 5.75 Å². The molecule has 0 heterocycles. The summed E-state index contributed by atoms with van der Waals surface area (Å²) >= 11 is 0. The van der Waals surface area contributed by atoms with Crippen molar-refractivity contribution in [2.45, 2.75) is 11.8 Å². The molecule has 0 fully saturated rings. The molecule has 1 aromatic rings. The maximum Gasteiger partial charge on any atom is 0.253 e. The summed E-state index contributed by atoms with van der Waals surface area (Å²) in [5.74, 6) is -0.154. The number of carbonyl (C=O) groups is 1. The average Bonchev–Trinajstić information content (AvgIpc) is 2.35. The first kappa shape index (κ1) is 14.5. The summed E-state index contributed by atoms with van der Waals surface area (Å²) in [6, 6.07) is 4.14. The summed E-state index contributed by atoms with van der Waals surface area (Å²) in [5.41, 5.74) is 0.254. The number of methoxy groups -OCH3 is 1. The van der Waals surface area contributed by atoms with Gasteiger partial charge < -0.3 is 9.64 Å². The van der Waals surface area contributed by atoms with Crippen LogP contribution in [-0.4, -0.2) is 39.9 Å². The van der Waals surface area contributed by atoms with Crippen LogP contribution in [0.1, 0.15) is 17.3 Å². The van der Waals surface area contributed by atoms with Gasteiger partial charge in [-0.25, -0.2) is 13.6 Å². The van der Waals surface area contributed by atoms with Crippen LogP contribution in [-0.2, 0) is 10.0 Å². The van der Waals surface area contributed by atoms with Crippen LogP contribution in [0.15, 0.2) is 23.1 Å². The topological polar surface area (TPSA) is 89.7 Å². The van der Waals surface area contributed by atoms with E-state index in [0.717, 1.165) is 0 Å². The Morgan fingerprint density at radius 2 is 2.06 bits per heavy atom. The van der Waals surface area contributed by atoms with Gasteiger partial charge in [0.15, 0.2) is 0 Å². The second kappa shape index (κ2) is 5.36. The third-order valence-electron chi connectivity index (χ3n) is 2.54. The van der Waals surface area contributed by atoms with E-state index in [4.69, 9.17) is 9.88 Å². The summed E-state index contributed by atoms with van der Waals surface area (Å²) in [7, 11) is -0.965. The van der Waals surface area contributed by atoms with E-state index in [9.17, 15) is 13.2 Å². The monoisotopic (exact) mass is 272 g/mol. The molecule has 2 N–H and O–H groups in total. The Balaban J connectivity index is 3.32. The molecule has 0 saturated carbocycles. The number of primary sulfonamides is 1. The first-order valence-corrected chi connectivity index (χ1v) is 6.82. The van der Waals surface area contributed by atoms with Crippen LogP contribution in [0.25, 0.3) is 0 Å². The molecule has 7 heteroatoms. The van der Waals surface area contributed by atoms with Crippen molar-refractivity contribution in [2.75, 3.05) is 20.7 Å². The van der Waals surface area contributed by atoms with E-state index >= 15 is 0 Å². The summed E-state index contributed by atoms with van der Waals surface area (Å²) < 4.78 is 27.7. The zero-order chi connectivity index (χ0) is 13.9. The van der Waals surface area contributed by atoms with E-state index in [1.54, 1.807) is 7.05 Å². The highest BCUT2D eigenvalue weighted by atomic mass is 32.2. The molecule has 1 rings (SSSR count). The Morgan fingerprint density at radius 1 is 1.44 bits per heavy atom. The van der Waals surface area contributed by atoms with Gasteiger partial charge in [0.1, 0.15) is 10.6 Å². The second-order valence-corrected chi connectivity index (χ2v) is 5.26. The first-order chi connectivity index (χ1) is 8.31. The van der Waals surface area contributed by atoms with E-state index in [-0.39, 0.29) is 22.1 Å². The second-order valence-electron chi connectivity index (χ2n) is 3.73. The Bertz CT molecular complexity index is 554. The molecule has 0 spiro atoms. The molecule has 0 bridgehead atoms. The van der Waals surface area contributed by atoms with Crippen molar-refractivity contribution >= 4 is 15.9 Å². The number of hydrogen-bond donors (Lipinski definition) is 1. The van der Waals surface area contributed by atoms with Crippen molar-refractivity contribution in [1.82, 2.24) is 4.90 Å². The minimum atomic E-state index is -3.93. The lowest BCUT2D eigenvalue weighted by atomic mass is 10.2. The normalized spacial score (nSPS) is 11.1. The Morgan fingerprint density at radius 3 is 2.50 bits per heavy atom. The van der Waals surface area contributed by atoms with E-state index < -0.39 is 10.0 Å². The lowest BCUT2D eigenvalue weighted by Gasteiger charge is -2.15. The number of sulfonamides is 1. The number of benzene rings is 1. The quantitative estimate of drug-likeness (QED) is 0.861. The SMILES string of the molecule is CCN(C)C(=O)c1ccc(OC)c(S(N)(=O)=O)c1. The molecule has 0 aliphatic heterocycles. The number of carbonyl (C=O) groups excluding carboxylic acids is 1. The van der Waals surface area contributed by atoms with Gasteiger partial charge >= 0.3 is 0 Å². The van der Waals surface area contributed by atoms with Crippen LogP contribution >= 0.6 is 0 Å². The fraction of sp³-hybridized carbons (Fsp3) is 0.364. The lowest BCUT2D eigenvalue weighted by molar-refractivity contribution is 0.0802. The van der Waals surface area contributed by atoms with Crippen LogP contribution in [0.5, 0.6) is 5.75 Å². The smallest absolute Gasteiger partial charge is 0.253 e. The van der Waals surface area contributed by atoms with E-state index in [0.29, 0.717) is 6.54 Å². The molecule has 0 aliphatic rings. The Labute approximate surface area is 106 Å². The van der Waals surface area contributed by atoms with E-state index in [1.165, 1.54) is 30.2 Å². The molecule has 0 saturated heterocycles. The summed E-state index contributed by atoms with van der Waals surface area (Å²) in [4.78, 5) is 13.2. The highest BCUT2D eigenvalue weighted by molar-refractivity contribution is 7.89. The van der Waals surface area contributed by atoms with Gasteiger partial charge in [0, 0.05) is 19.2 Å². The van der Waals surface area contributed by atoms with Gasteiger partial charge in [0.05, 0.1) is 7.11 Å². The maximum atomic E-state index is 11.9. The number of rotatable bonds is 4. The molecule has 1 aromatic carbocycles. The predicted molar refractivity (Wildman–Crippen MR) is 67.0 cm³/mol. The zero-order valence-electron chi connectivity index (χ0n) is 10.5. The molecule has 0 aromatic heterocycles. The Hall–Kier alpha value is -1.60. The molecule has 18 heavy (non-hydrogen) atoms. The van der Waals surface area contributed by atoms with Crippen molar-refractivity contribution in [2.24, 2.45) is 5.14 Å². The maximum absolute atomic E-state index is 11.9. The highest BCUT2D eigenvalue weighted by Crippen LogP contribution is 2.24. The lowest BCUT2D eigenvalue weighted by Crippen LogP contribution is -2.26. The van der Waals surface area contributed by atoms with Crippen molar-refractivity contribution in [1.29, 1.82) is 0 Å². The molecule has 0 aliphatic carbocycles. The molecule has 0 radical (unpaired) electrons. The molecule has 1 amide bonds. The fourth-order valence-corrected chi connectivity index (χ4v) is 2.12. The van der Waals surface area contributed by atoms with Gasteiger partial charge in [-0.3, -0.25) is 4.79 Å². The van der Waals surface area contributed by atoms with Crippen molar-refractivity contribution < 1.29 is 17.9 Å². The number of ether oxygens (including phenoxy) is 1. The van der Waals surface area contributed by atoms with Crippen molar-refractivity contribution in [3.63, 3.8) is 0 Å². The molecule has 6 nitrogen and oxygen atoms in total. The third kappa shape index (κ3) is 2.99. The Kier molecular flexibility index (Phi) is 4.31. The number of amides is 1.